The Labute approximate surface area is 227 Å². The summed E-state index contributed by atoms with van der Waals surface area (Å²) in [4.78, 5) is 18.2. The second kappa shape index (κ2) is 10.6. The highest BCUT2D eigenvalue weighted by atomic mass is 32.2. The quantitative estimate of drug-likeness (QED) is 0.295. The Morgan fingerprint density at radius 1 is 1.03 bits per heavy atom. The second-order valence-corrected chi connectivity index (χ2v) is 13.5. The summed E-state index contributed by atoms with van der Waals surface area (Å²) in [7, 11) is -3.67. The highest BCUT2D eigenvalue weighted by Crippen LogP contribution is 2.34. The van der Waals surface area contributed by atoms with Gasteiger partial charge in [0, 0.05) is 24.2 Å². The summed E-state index contributed by atoms with van der Waals surface area (Å²) in [5.74, 6) is 0.733. The molecule has 0 spiro atoms. The Morgan fingerprint density at radius 2 is 1.71 bits per heavy atom. The van der Waals surface area contributed by atoms with Crippen molar-refractivity contribution in [3.8, 4) is 5.13 Å². The van der Waals surface area contributed by atoms with E-state index in [-0.39, 0.29) is 22.6 Å². The molecule has 0 aliphatic heterocycles. The number of para-hydroxylation sites is 1. The number of amides is 1. The SMILES string of the molecule is CC(C)CN(CC(C)C)S(=O)(=O)c1ccc(C(=O)Nc2c3c(nn2-c2nc4ccccc4s2)CCC3)cc1. The number of thiazole rings is 1. The molecule has 4 aromatic rings. The first-order valence-electron chi connectivity index (χ1n) is 13.0. The number of carbonyl (C=O) groups is 1. The van der Waals surface area contributed by atoms with Gasteiger partial charge in [-0.15, -0.1) is 0 Å². The van der Waals surface area contributed by atoms with Crippen LogP contribution in [-0.2, 0) is 22.9 Å². The van der Waals surface area contributed by atoms with E-state index in [1.165, 1.54) is 27.8 Å². The third-order valence-corrected chi connectivity index (χ3v) is 9.35. The van der Waals surface area contributed by atoms with Crippen LogP contribution in [0.5, 0.6) is 0 Å². The minimum Gasteiger partial charge on any atom is -0.306 e. The highest BCUT2D eigenvalue weighted by Gasteiger charge is 2.28. The van der Waals surface area contributed by atoms with Crippen LogP contribution in [0.3, 0.4) is 0 Å². The van der Waals surface area contributed by atoms with Crippen molar-refractivity contribution < 1.29 is 13.2 Å². The molecule has 38 heavy (non-hydrogen) atoms. The molecule has 0 unspecified atom stereocenters. The number of nitrogens with one attached hydrogen (secondary N) is 1. The van der Waals surface area contributed by atoms with Crippen LogP contribution in [0.15, 0.2) is 53.4 Å². The number of aryl methyl sites for hydroxylation is 1. The molecule has 10 heteroatoms. The molecule has 0 radical (unpaired) electrons. The number of fused-ring (bicyclic) bond motifs is 2. The van der Waals surface area contributed by atoms with Crippen molar-refractivity contribution in [2.75, 3.05) is 18.4 Å². The number of hydrogen-bond acceptors (Lipinski definition) is 6. The molecule has 8 nitrogen and oxygen atoms in total. The van der Waals surface area contributed by atoms with E-state index in [0.717, 1.165) is 40.7 Å². The molecule has 2 aromatic carbocycles. The van der Waals surface area contributed by atoms with Crippen molar-refractivity contribution in [1.29, 1.82) is 0 Å². The Hall–Kier alpha value is -3.08. The first-order chi connectivity index (χ1) is 18.1. The van der Waals surface area contributed by atoms with Gasteiger partial charge in [-0.2, -0.15) is 14.1 Å². The topological polar surface area (TPSA) is 97.2 Å². The summed E-state index contributed by atoms with van der Waals surface area (Å²) in [5.41, 5.74) is 3.29. The number of hydrogen-bond donors (Lipinski definition) is 1. The lowest BCUT2D eigenvalue weighted by molar-refractivity contribution is 0.102. The van der Waals surface area contributed by atoms with Crippen molar-refractivity contribution in [3.63, 3.8) is 0 Å². The van der Waals surface area contributed by atoms with Crippen LogP contribution in [0.2, 0.25) is 0 Å². The van der Waals surface area contributed by atoms with Crippen LogP contribution in [0.4, 0.5) is 5.82 Å². The Kier molecular flexibility index (Phi) is 7.39. The molecule has 2 heterocycles. The van der Waals surface area contributed by atoms with Crippen LogP contribution in [0.25, 0.3) is 15.3 Å². The fourth-order valence-corrected chi connectivity index (χ4v) is 7.49. The molecule has 1 aliphatic carbocycles. The fraction of sp³-hybridized carbons (Fsp3) is 0.393. The molecule has 1 amide bonds. The number of aromatic nitrogens is 3. The van der Waals surface area contributed by atoms with Gasteiger partial charge >= 0.3 is 0 Å². The minimum absolute atomic E-state index is 0.191. The number of sulfonamides is 1. The molecule has 0 atom stereocenters. The zero-order valence-corrected chi connectivity index (χ0v) is 23.8. The molecule has 2 aromatic heterocycles. The predicted molar refractivity (Wildman–Crippen MR) is 152 cm³/mol. The summed E-state index contributed by atoms with van der Waals surface area (Å²) in [6.45, 7) is 8.92. The molecule has 0 fully saturated rings. The maximum Gasteiger partial charge on any atom is 0.256 e. The highest BCUT2D eigenvalue weighted by molar-refractivity contribution is 7.89. The van der Waals surface area contributed by atoms with Crippen LogP contribution in [-0.4, -0.2) is 46.5 Å². The molecule has 1 N–H and O–H groups in total. The number of nitrogens with zero attached hydrogens (tertiary/aromatic N) is 4. The lowest BCUT2D eigenvalue weighted by Gasteiger charge is -2.25. The maximum atomic E-state index is 13.4. The van der Waals surface area contributed by atoms with Crippen molar-refractivity contribution in [2.45, 2.75) is 51.9 Å². The first kappa shape index (κ1) is 26.5. The molecule has 1 aliphatic rings. The van der Waals surface area contributed by atoms with Gasteiger partial charge in [-0.05, 0) is 67.5 Å². The van der Waals surface area contributed by atoms with E-state index in [2.05, 4.69) is 5.32 Å². The zero-order chi connectivity index (χ0) is 27.0. The van der Waals surface area contributed by atoms with Gasteiger partial charge in [0.05, 0.1) is 20.8 Å². The summed E-state index contributed by atoms with van der Waals surface area (Å²) in [5, 5.41) is 8.53. The van der Waals surface area contributed by atoms with E-state index in [1.807, 2.05) is 52.0 Å². The Balaban J connectivity index is 1.41. The van der Waals surface area contributed by atoms with E-state index >= 15 is 0 Å². The third kappa shape index (κ3) is 5.25. The average Bonchev–Trinajstić information content (AvgIpc) is 3.58. The molecule has 0 bridgehead atoms. The molecule has 200 valence electrons. The average molecular weight is 552 g/mol. The van der Waals surface area contributed by atoms with E-state index in [1.54, 1.807) is 16.8 Å². The van der Waals surface area contributed by atoms with Crippen molar-refractivity contribution in [3.05, 3.63) is 65.4 Å². The van der Waals surface area contributed by atoms with Gasteiger partial charge in [0.25, 0.3) is 5.91 Å². The fourth-order valence-electron chi connectivity index (χ4n) is 4.80. The van der Waals surface area contributed by atoms with Crippen LogP contribution < -0.4 is 5.32 Å². The van der Waals surface area contributed by atoms with Gasteiger partial charge in [-0.25, -0.2) is 13.4 Å². The number of anilines is 1. The Morgan fingerprint density at radius 3 is 2.37 bits per heavy atom. The molecule has 0 saturated carbocycles. The second-order valence-electron chi connectivity index (χ2n) is 10.6. The molecular formula is C28H33N5O3S2. The zero-order valence-electron chi connectivity index (χ0n) is 22.1. The van der Waals surface area contributed by atoms with Gasteiger partial charge in [0.15, 0.2) is 0 Å². The molecule has 0 saturated heterocycles. The summed E-state index contributed by atoms with van der Waals surface area (Å²) < 4.78 is 31.0. The van der Waals surface area contributed by atoms with Gasteiger partial charge in [0.2, 0.25) is 15.2 Å². The van der Waals surface area contributed by atoms with Gasteiger partial charge in [0.1, 0.15) is 5.82 Å². The standard InChI is InChI=1S/C28H33N5O3S2/c1-18(2)16-32(17-19(3)4)38(35,36)21-14-12-20(13-15-21)27(34)30-26-22-8-7-10-23(22)31-33(26)28-29-24-9-5-6-11-25(24)37-28/h5-6,9,11-15,18-19H,7-8,10,16-17H2,1-4H3,(H,30,34). The lowest BCUT2D eigenvalue weighted by atomic mass is 10.2. The summed E-state index contributed by atoms with van der Waals surface area (Å²) in [6.07, 6.45) is 2.71. The van der Waals surface area contributed by atoms with E-state index in [4.69, 9.17) is 10.1 Å². The minimum atomic E-state index is -3.67. The van der Waals surface area contributed by atoms with E-state index in [9.17, 15) is 13.2 Å². The number of rotatable bonds is 9. The third-order valence-electron chi connectivity index (χ3n) is 6.49. The monoisotopic (exact) mass is 551 g/mol. The summed E-state index contributed by atoms with van der Waals surface area (Å²) >= 11 is 1.53. The van der Waals surface area contributed by atoms with Gasteiger partial charge in [-0.3, -0.25) is 4.79 Å². The predicted octanol–water partition coefficient (Wildman–Crippen LogP) is 5.53. The number of benzene rings is 2. The van der Waals surface area contributed by atoms with E-state index in [0.29, 0.717) is 29.6 Å². The maximum absolute atomic E-state index is 13.4. The number of carbonyl (C=O) groups excluding carboxylic acids is 1. The van der Waals surface area contributed by atoms with Crippen LogP contribution in [0.1, 0.15) is 55.7 Å². The van der Waals surface area contributed by atoms with E-state index < -0.39 is 10.0 Å². The van der Waals surface area contributed by atoms with Crippen molar-refractivity contribution in [1.82, 2.24) is 19.1 Å². The largest absolute Gasteiger partial charge is 0.306 e. The van der Waals surface area contributed by atoms with Crippen LogP contribution in [0, 0.1) is 11.8 Å². The molecule has 5 rings (SSSR count). The normalized spacial score (nSPS) is 13.7. The molecular weight excluding hydrogens is 518 g/mol. The van der Waals surface area contributed by atoms with Crippen molar-refractivity contribution in [2.24, 2.45) is 11.8 Å². The first-order valence-corrected chi connectivity index (χ1v) is 15.3. The van der Waals surface area contributed by atoms with Crippen molar-refractivity contribution >= 4 is 43.3 Å². The Bertz CT molecular complexity index is 1530. The van der Waals surface area contributed by atoms with Gasteiger partial charge in [-0.1, -0.05) is 51.2 Å². The van der Waals surface area contributed by atoms with Gasteiger partial charge < -0.3 is 5.32 Å². The smallest absolute Gasteiger partial charge is 0.256 e. The summed E-state index contributed by atoms with van der Waals surface area (Å²) in [6, 6.07) is 14.1. The lowest BCUT2D eigenvalue weighted by Crippen LogP contribution is -2.37. The van der Waals surface area contributed by atoms with Crippen LogP contribution >= 0.6 is 11.3 Å².